The van der Waals surface area contributed by atoms with Crippen LogP contribution in [0.1, 0.15) is 56.6 Å². The number of likely N-dealkylation sites (tertiary alicyclic amines) is 1. The summed E-state index contributed by atoms with van der Waals surface area (Å²) >= 11 is 6.29. The van der Waals surface area contributed by atoms with Gasteiger partial charge in [0.25, 0.3) is 0 Å². The number of hydrogen-bond donors (Lipinski definition) is 2. The van der Waals surface area contributed by atoms with Gasteiger partial charge in [0.2, 0.25) is 12.4 Å². The third kappa shape index (κ3) is 6.53. The van der Waals surface area contributed by atoms with E-state index in [0.717, 1.165) is 43.2 Å². The molecule has 0 aliphatic carbocycles. The zero-order chi connectivity index (χ0) is 24.7. The Hall–Kier alpha value is -3.00. The van der Waals surface area contributed by atoms with Crippen LogP contribution < -0.4 is 10.6 Å². The maximum atomic E-state index is 15.0. The van der Waals surface area contributed by atoms with Crippen LogP contribution >= 0.6 is 11.6 Å². The Kier molecular flexibility index (Phi) is 8.98. The van der Waals surface area contributed by atoms with E-state index in [-0.39, 0.29) is 17.7 Å². The highest BCUT2D eigenvalue weighted by molar-refractivity contribution is 6.33. The van der Waals surface area contributed by atoms with Gasteiger partial charge in [-0.3, -0.25) is 9.79 Å². The van der Waals surface area contributed by atoms with Gasteiger partial charge in [0.1, 0.15) is 16.7 Å². The molecule has 1 aliphatic rings. The summed E-state index contributed by atoms with van der Waals surface area (Å²) in [7, 11) is 1.69. The Labute approximate surface area is 205 Å². The zero-order valence-electron chi connectivity index (χ0n) is 20.2. The van der Waals surface area contributed by atoms with E-state index in [2.05, 4.69) is 32.5 Å². The summed E-state index contributed by atoms with van der Waals surface area (Å²) in [5.41, 5.74) is 3.44. The molecule has 2 heterocycles. The highest BCUT2D eigenvalue weighted by atomic mass is 35.5. The summed E-state index contributed by atoms with van der Waals surface area (Å²) in [4.78, 5) is 25.6. The lowest BCUT2D eigenvalue weighted by Gasteiger charge is -2.30. The molecule has 0 atom stereocenters. The third-order valence-corrected chi connectivity index (χ3v) is 6.26. The van der Waals surface area contributed by atoms with E-state index >= 15 is 4.39 Å². The Balaban J connectivity index is 1.77. The third-order valence-electron chi connectivity index (χ3n) is 5.98. The van der Waals surface area contributed by atoms with Crippen molar-refractivity contribution in [2.45, 2.75) is 52.4 Å². The van der Waals surface area contributed by atoms with E-state index in [1.165, 1.54) is 11.8 Å². The van der Waals surface area contributed by atoms with E-state index in [9.17, 15) is 4.79 Å². The molecule has 1 saturated heterocycles. The van der Waals surface area contributed by atoms with Crippen molar-refractivity contribution in [3.8, 4) is 0 Å². The lowest BCUT2D eigenvalue weighted by atomic mass is 9.86. The Bertz CT molecular complexity index is 1080. The molecule has 0 bridgehead atoms. The molecule has 1 fully saturated rings. The van der Waals surface area contributed by atoms with Crippen molar-refractivity contribution in [1.29, 1.82) is 0 Å². The first-order chi connectivity index (χ1) is 16.3. The van der Waals surface area contributed by atoms with Crippen molar-refractivity contribution in [1.82, 2.24) is 14.9 Å². The summed E-state index contributed by atoms with van der Waals surface area (Å²) in [5.74, 6) is 1.10. The second kappa shape index (κ2) is 11.9. The van der Waals surface area contributed by atoms with Crippen LogP contribution in [0.4, 0.5) is 21.8 Å². The number of aromatic nitrogens is 2. The molecule has 182 valence electrons. The molecule has 9 heteroatoms. The van der Waals surface area contributed by atoms with E-state index in [4.69, 9.17) is 11.6 Å². The molecule has 7 nitrogen and oxygen atoms in total. The summed E-state index contributed by atoms with van der Waals surface area (Å²) in [6.45, 7) is 7.53. The quantitative estimate of drug-likeness (QED) is 0.278. The predicted molar refractivity (Wildman–Crippen MR) is 137 cm³/mol. The van der Waals surface area contributed by atoms with Gasteiger partial charge in [0.05, 0.1) is 11.9 Å². The second-order valence-electron chi connectivity index (χ2n) is 8.59. The van der Waals surface area contributed by atoms with Gasteiger partial charge in [-0.05, 0) is 68.4 Å². The smallest absolute Gasteiger partial charge is 0.229 e. The Morgan fingerprint density at radius 2 is 2.09 bits per heavy atom. The van der Waals surface area contributed by atoms with E-state index in [1.54, 1.807) is 24.1 Å². The molecule has 1 aliphatic heterocycles. The lowest BCUT2D eigenvalue weighted by molar-refractivity contribution is -0.119. The van der Waals surface area contributed by atoms with Gasteiger partial charge >= 0.3 is 0 Å². The standard InChI is InChI=1S/C25H32ClFN6O/c1-5-6-16(2)11-23(28-4)31-24-20(26)14-29-25(32-24)30-22-12-17(3)19(13-21(22)27)18-7-9-33(15-34)10-8-18/h11-15,18H,5-10H2,1-4H3,(H2,28,29,30,31,32)/b16-11-. The molecular formula is C25H32ClFN6O. The first-order valence-electron chi connectivity index (χ1n) is 11.5. The fourth-order valence-electron chi connectivity index (χ4n) is 4.16. The van der Waals surface area contributed by atoms with Crippen LogP contribution in [0.2, 0.25) is 5.02 Å². The van der Waals surface area contributed by atoms with Crippen LogP contribution in [0, 0.1) is 12.7 Å². The fraction of sp³-hybridized carbons (Fsp3) is 0.440. The van der Waals surface area contributed by atoms with Crippen LogP contribution in [0.5, 0.6) is 0 Å². The number of rotatable bonds is 8. The normalized spacial score (nSPS) is 15.4. The van der Waals surface area contributed by atoms with Crippen LogP contribution in [0.3, 0.4) is 0 Å². The number of piperidine rings is 1. The van der Waals surface area contributed by atoms with Gasteiger partial charge in [-0.25, -0.2) is 9.37 Å². The maximum Gasteiger partial charge on any atom is 0.229 e. The summed E-state index contributed by atoms with van der Waals surface area (Å²) in [6.07, 6.45) is 7.97. The Morgan fingerprint density at radius 1 is 1.35 bits per heavy atom. The number of nitrogens with zero attached hydrogens (tertiary/aromatic N) is 4. The zero-order valence-corrected chi connectivity index (χ0v) is 20.9. The van der Waals surface area contributed by atoms with Crippen molar-refractivity contribution < 1.29 is 9.18 Å². The number of halogens is 2. The number of amides is 1. The predicted octanol–water partition coefficient (Wildman–Crippen LogP) is 5.84. The number of aliphatic imine (C=N–C) groups is 1. The molecule has 2 aromatic rings. The van der Waals surface area contributed by atoms with Gasteiger partial charge in [-0.15, -0.1) is 0 Å². The lowest BCUT2D eigenvalue weighted by Crippen LogP contribution is -2.31. The molecule has 2 N–H and O–H groups in total. The number of amidine groups is 1. The number of carbonyl (C=O) groups excluding carboxylic acids is 1. The van der Waals surface area contributed by atoms with Crippen LogP contribution in [-0.2, 0) is 4.79 Å². The minimum absolute atomic E-state index is 0.224. The average Bonchev–Trinajstić information content (AvgIpc) is 2.83. The van der Waals surface area contributed by atoms with E-state index in [0.29, 0.717) is 35.5 Å². The number of aryl methyl sites for hydroxylation is 1. The average molecular weight is 487 g/mol. The fourth-order valence-corrected chi connectivity index (χ4v) is 4.30. The molecule has 34 heavy (non-hydrogen) atoms. The van der Waals surface area contributed by atoms with Crippen molar-refractivity contribution in [2.24, 2.45) is 4.99 Å². The molecule has 1 aromatic carbocycles. The highest BCUT2D eigenvalue weighted by Gasteiger charge is 2.22. The number of allylic oxidation sites excluding steroid dienone is 1. The number of benzene rings is 1. The second-order valence-corrected chi connectivity index (χ2v) is 9.00. The molecule has 0 radical (unpaired) electrons. The number of carbonyl (C=O) groups is 1. The summed E-state index contributed by atoms with van der Waals surface area (Å²) < 4.78 is 15.0. The van der Waals surface area contributed by atoms with Crippen molar-refractivity contribution in [3.63, 3.8) is 0 Å². The first kappa shape index (κ1) is 25.6. The molecular weight excluding hydrogens is 455 g/mol. The van der Waals surface area contributed by atoms with Crippen molar-refractivity contribution in [3.05, 3.63) is 51.9 Å². The molecule has 1 aromatic heterocycles. The van der Waals surface area contributed by atoms with Gasteiger partial charge in [-0.2, -0.15) is 4.98 Å². The molecule has 1 amide bonds. The summed E-state index contributed by atoms with van der Waals surface area (Å²) in [5, 5.41) is 6.44. The molecule has 0 unspecified atom stereocenters. The number of hydrogen-bond acceptors (Lipinski definition) is 5. The SMILES string of the molecule is CCC/C(C)=C\C(=NC)Nc1nc(Nc2cc(C)c(C3CCN(C=O)CC3)cc2F)ncc1Cl. The van der Waals surface area contributed by atoms with Gasteiger partial charge in [0.15, 0.2) is 5.82 Å². The molecule has 0 saturated carbocycles. The van der Waals surface area contributed by atoms with Crippen molar-refractivity contribution >= 4 is 41.3 Å². The van der Waals surface area contributed by atoms with Crippen LogP contribution in [0.15, 0.2) is 35.0 Å². The van der Waals surface area contributed by atoms with Gasteiger partial charge < -0.3 is 15.5 Å². The molecule has 0 spiro atoms. The Morgan fingerprint density at radius 3 is 2.74 bits per heavy atom. The van der Waals surface area contributed by atoms with E-state index < -0.39 is 0 Å². The van der Waals surface area contributed by atoms with E-state index in [1.807, 2.05) is 19.9 Å². The summed E-state index contributed by atoms with van der Waals surface area (Å²) in [6, 6.07) is 3.36. The van der Waals surface area contributed by atoms with Crippen molar-refractivity contribution in [2.75, 3.05) is 30.8 Å². The van der Waals surface area contributed by atoms with Gasteiger partial charge in [-0.1, -0.05) is 30.5 Å². The monoisotopic (exact) mass is 486 g/mol. The maximum absolute atomic E-state index is 15.0. The minimum atomic E-state index is -0.375. The number of nitrogens with one attached hydrogen (secondary N) is 2. The largest absolute Gasteiger partial charge is 0.345 e. The van der Waals surface area contributed by atoms with Crippen LogP contribution in [-0.4, -0.2) is 47.3 Å². The van der Waals surface area contributed by atoms with Gasteiger partial charge in [0, 0.05) is 20.1 Å². The van der Waals surface area contributed by atoms with Crippen LogP contribution in [0.25, 0.3) is 0 Å². The highest BCUT2D eigenvalue weighted by Crippen LogP contribution is 2.33. The molecule has 3 rings (SSSR count). The number of anilines is 3. The minimum Gasteiger partial charge on any atom is -0.345 e. The topological polar surface area (TPSA) is 82.5 Å². The first-order valence-corrected chi connectivity index (χ1v) is 11.9.